The SMILES string of the molecule is CNCCC1CCN1.Cc1ccc(-c2cnco2)cc1F.O=CO.OC1CCNC1. The van der Waals surface area contributed by atoms with Crippen LogP contribution in [0.1, 0.15) is 24.8 Å². The van der Waals surface area contributed by atoms with Gasteiger partial charge in [0.25, 0.3) is 6.47 Å². The van der Waals surface area contributed by atoms with Crippen LogP contribution in [0.15, 0.2) is 35.2 Å². The fourth-order valence-corrected chi connectivity index (χ4v) is 2.66. The van der Waals surface area contributed by atoms with Gasteiger partial charge in [-0.3, -0.25) is 4.79 Å². The van der Waals surface area contributed by atoms with E-state index in [-0.39, 0.29) is 18.4 Å². The summed E-state index contributed by atoms with van der Waals surface area (Å²) < 4.78 is 18.1. The molecule has 1 aromatic heterocycles. The third kappa shape index (κ3) is 10.4. The summed E-state index contributed by atoms with van der Waals surface area (Å²) in [5.74, 6) is 0.354. The van der Waals surface area contributed by atoms with Gasteiger partial charge in [-0.15, -0.1) is 0 Å². The van der Waals surface area contributed by atoms with E-state index >= 15 is 0 Å². The van der Waals surface area contributed by atoms with E-state index in [9.17, 15) is 4.39 Å². The number of oxazole rings is 1. The Hall–Kier alpha value is -2.33. The number of carbonyl (C=O) groups is 1. The van der Waals surface area contributed by atoms with Crippen LogP contribution in [0.3, 0.4) is 0 Å². The molecule has 4 rings (SSSR count). The average molecular weight is 425 g/mol. The number of aryl methyl sites for hydroxylation is 1. The van der Waals surface area contributed by atoms with Crippen molar-refractivity contribution in [2.45, 2.75) is 38.3 Å². The van der Waals surface area contributed by atoms with E-state index in [0.29, 0.717) is 16.9 Å². The van der Waals surface area contributed by atoms with Crippen molar-refractivity contribution in [1.82, 2.24) is 20.9 Å². The van der Waals surface area contributed by atoms with Crippen molar-refractivity contribution in [2.24, 2.45) is 0 Å². The Morgan fingerprint density at radius 2 is 2.10 bits per heavy atom. The summed E-state index contributed by atoms with van der Waals surface area (Å²) >= 11 is 0. The normalized spacial score (nSPS) is 19.1. The zero-order valence-corrected chi connectivity index (χ0v) is 17.6. The van der Waals surface area contributed by atoms with Crippen molar-refractivity contribution in [2.75, 3.05) is 33.2 Å². The Labute approximate surface area is 176 Å². The molecule has 1 aromatic carbocycles. The number of carboxylic acid groups (broad SMARTS) is 1. The van der Waals surface area contributed by atoms with Crippen LogP contribution in [0, 0.1) is 12.7 Å². The highest BCUT2D eigenvalue weighted by molar-refractivity contribution is 5.56. The van der Waals surface area contributed by atoms with Gasteiger partial charge < -0.3 is 30.6 Å². The van der Waals surface area contributed by atoms with Gasteiger partial charge in [0.2, 0.25) is 0 Å². The maximum Gasteiger partial charge on any atom is 0.290 e. The van der Waals surface area contributed by atoms with Gasteiger partial charge >= 0.3 is 0 Å². The summed E-state index contributed by atoms with van der Waals surface area (Å²) in [6.45, 7) is 5.63. The van der Waals surface area contributed by atoms with Crippen molar-refractivity contribution >= 4 is 6.47 Å². The largest absolute Gasteiger partial charge is 0.483 e. The van der Waals surface area contributed by atoms with E-state index in [2.05, 4.69) is 20.9 Å². The fourth-order valence-electron chi connectivity index (χ4n) is 2.66. The van der Waals surface area contributed by atoms with Gasteiger partial charge in [0.1, 0.15) is 5.82 Å². The highest BCUT2D eigenvalue weighted by atomic mass is 19.1. The Morgan fingerprint density at radius 3 is 2.50 bits per heavy atom. The first-order valence-corrected chi connectivity index (χ1v) is 10.0. The Morgan fingerprint density at radius 1 is 1.37 bits per heavy atom. The number of hydrogen-bond donors (Lipinski definition) is 5. The summed E-state index contributed by atoms with van der Waals surface area (Å²) in [4.78, 5) is 12.1. The lowest BCUT2D eigenvalue weighted by Crippen LogP contribution is -2.44. The molecule has 0 spiro atoms. The van der Waals surface area contributed by atoms with E-state index in [1.165, 1.54) is 31.8 Å². The smallest absolute Gasteiger partial charge is 0.290 e. The van der Waals surface area contributed by atoms with Crippen LogP contribution >= 0.6 is 0 Å². The lowest BCUT2D eigenvalue weighted by molar-refractivity contribution is -0.122. The summed E-state index contributed by atoms with van der Waals surface area (Å²) in [5.41, 5.74) is 1.34. The summed E-state index contributed by atoms with van der Waals surface area (Å²) in [6, 6.07) is 5.78. The number of aliphatic hydroxyl groups is 1. The lowest BCUT2D eigenvalue weighted by atomic mass is 10.0. The van der Waals surface area contributed by atoms with Gasteiger partial charge in [-0.25, -0.2) is 9.37 Å². The molecular formula is C21H33FN4O4. The molecule has 2 atom stereocenters. The van der Waals surface area contributed by atoms with Crippen molar-refractivity contribution in [3.8, 4) is 11.3 Å². The number of nitrogens with zero attached hydrogens (tertiary/aromatic N) is 1. The van der Waals surface area contributed by atoms with Crippen molar-refractivity contribution < 1.29 is 23.8 Å². The third-order valence-corrected chi connectivity index (χ3v) is 4.59. The van der Waals surface area contributed by atoms with Gasteiger partial charge in [-0.1, -0.05) is 12.1 Å². The second kappa shape index (κ2) is 15.5. The minimum Gasteiger partial charge on any atom is -0.483 e. The minimum absolute atomic E-state index is 0.0648. The predicted molar refractivity (Wildman–Crippen MR) is 114 cm³/mol. The predicted octanol–water partition coefficient (Wildman–Crippen LogP) is 1.79. The van der Waals surface area contributed by atoms with E-state index in [1.54, 1.807) is 25.3 Å². The number of rotatable bonds is 4. The lowest BCUT2D eigenvalue weighted by Gasteiger charge is -2.27. The van der Waals surface area contributed by atoms with Crippen molar-refractivity contribution in [3.63, 3.8) is 0 Å². The second-order valence-corrected chi connectivity index (χ2v) is 6.91. The van der Waals surface area contributed by atoms with Gasteiger partial charge in [-0.2, -0.15) is 0 Å². The maximum absolute atomic E-state index is 13.1. The number of benzene rings is 1. The first-order chi connectivity index (χ1) is 14.5. The Bertz CT molecular complexity index is 690. The highest BCUT2D eigenvalue weighted by Crippen LogP contribution is 2.20. The average Bonchev–Trinajstić information content (AvgIpc) is 3.39. The number of hydrogen-bond acceptors (Lipinski definition) is 7. The quantitative estimate of drug-likeness (QED) is 0.471. The molecule has 3 heterocycles. The molecule has 5 N–H and O–H groups in total. The van der Waals surface area contributed by atoms with Gasteiger partial charge in [0, 0.05) is 18.2 Å². The number of halogens is 1. The van der Waals surface area contributed by atoms with Crippen LogP contribution in [-0.4, -0.2) is 67.0 Å². The van der Waals surface area contributed by atoms with Crippen molar-refractivity contribution in [1.29, 1.82) is 0 Å². The van der Waals surface area contributed by atoms with Crippen molar-refractivity contribution in [3.05, 3.63) is 42.2 Å². The second-order valence-electron chi connectivity index (χ2n) is 6.91. The molecule has 2 fully saturated rings. The van der Waals surface area contributed by atoms with Crippen LogP contribution in [0.5, 0.6) is 0 Å². The molecule has 30 heavy (non-hydrogen) atoms. The topological polar surface area (TPSA) is 120 Å². The molecule has 0 aliphatic carbocycles. The maximum atomic E-state index is 13.1. The van der Waals surface area contributed by atoms with Crippen LogP contribution in [0.2, 0.25) is 0 Å². The van der Waals surface area contributed by atoms with Gasteiger partial charge in [-0.05, 0) is 64.5 Å². The highest BCUT2D eigenvalue weighted by Gasteiger charge is 2.14. The third-order valence-electron chi connectivity index (χ3n) is 4.59. The van der Waals surface area contributed by atoms with Crippen LogP contribution < -0.4 is 16.0 Å². The number of aliphatic hydroxyl groups excluding tert-OH is 1. The van der Waals surface area contributed by atoms with Gasteiger partial charge in [0.05, 0.1) is 12.3 Å². The Kier molecular flexibility index (Phi) is 13.3. The fraction of sp³-hybridized carbons (Fsp3) is 0.524. The standard InChI is InChI=1S/C10H8FNO.C6H14N2.C4H9NO.CH2O2/c1-7-2-3-8(4-9(7)11)10-5-12-6-13-10;1-7-4-2-6-3-5-8-6;6-4-1-2-5-3-4;2-1-3/h2-6H,1H3;6-8H,2-5H2,1H3;4-6H,1-3H2;1H,(H,2,3). The zero-order chi connectivity index (χ0) is 22.2. The first-order valence-electron chi connectivity index (χ1n) is 10.0. The first kappa shape index (κ1) is 25.7. The molecule has 168 valence electrons. The van der Waals surface area contributed by atoms with Crippen LogP contribution in [-0.2, 0) is 4.79 Å². The minimum atomic E-state index is -0.250. The molecular weight excluding hydrogens is 391 g/mol. The molecule has 0 saturated carbocycles. The number of nitrogens with one attached hydrogen (secondary N) is 3. The summed E-state index contributed by atoms with van der Waals surface area (Å²) in [6.07, 6.45) is 6.42. The molecule has 2 aliphatic rings. The zero-order valence-electron chi connectivity index (χ0n) is 17.6. The van der Waals surface area contributed by atoms with E-state index in [1.807, 2.05) is 7.05 Å². The molecule has 0 amide bonds. The molecule has 2 unspecified atom stereocenters. The molecule has 2 saturated heterocycles. The molecule has 0 radical (unpaired) electrons. The monoisotopic (exact) mass is 424 g/mol. The summed E-state index contributed by atoms with van der Waals surface area (Å²) in [5, 5.41) is 25.0. The number of β-amino-alcohol motifs (C(OH)–C–C–N with tert-alkyl or cyclic N) is 1. The molecule has 0 bridgehead atoms. The number of aromatic nitrogens is 1. The Balaban J connectivity index is 0.000000227. The molecule has 8 nitrogen and oxygen atoms in total. The summed E-state index contributed by atoms with van der Waals surface area (Å²) in [7, 11) is 2.00. The molecule has 9 heteroatoms. The van der Waals surface area contributed by atoms with E-state index in [4.69, 9.17) is 19.4 Å². The van der Waals surface area contributed by atoms with Crippen LogP contribution in [0.4, 0.5) is 4.39 Å². The van der Waals surface area contributed by atoms with E-state index < -0.39 is 0 Å². The molecule has 2 aromatic rings. The van der Waals surface area contributed by atoms with E-state index in [0.717, 1.165) is 32.1 Å². The van der Waals surface area contributed by atoms with Crippen LogP contribution in [0.25, 0.3) is 11.3 Å². The molecule has 2 aliphatic heterocycles. The van der Waals surface area contributed by atoms with Gasteiger partial charge in [0.15, 0.2) is 12.2 Å².